The predicted octanol–water partition coefficient (Wildman–Crippen LogP) is 2.33. The van der Waals surface area contributed by atoms with Crippen LogP contribution in [0.4, 0.5) is 5.82 Å². The molecule has 5 rings (SSSR count). The van der Waals surface area contributed by atoms with Gasteiger partial charge in [-0.3, -0.25) is 4.79 Å². The average Bonchev–Trinajstić information content (AvgIpc) is 2.65. The molecule has 0 amide bonds. The minimum Gasteiger partial charge on any atom is -0.350 e. The van der Waals surface area contributed by atoms with E-state index in [4.69, 9.17) is 0 Å². The van der Waals surface area contributed by atoms with E-state index in [-0.39, 0.29) is 5.56 Å². The Labute approximate surface area is 150 Å². The number of hydrogen-bond acceptors (Lipinski definition) is 4. The Morgan fingerprint density at radius 1 is 1.28 bits per heavy atom. The van der Waals surface area contributed by atoms with Crippen molar-refractivity contribution in [2.75, 3.05) is 18.0 Å². The molecule has 2 bridgehead atoms. The van der Waals surface area contributed by atoms with E-state index < -0.39 is 0 Å². The highest BCUT2D eigenvalue weighted by molar-refractivity contribution is 5.36. The van der Waals surface area contributed by atoms with E-state index in [0.717, 1.165) is 37.3 Å². The molecule has 5 nitrogen and oxygen atoms in total. The molecule has 0 aromatic carbocycles. The van der Waals surface area contributed by atoms with Gasteiger partial charge in [-0.15, -0.1) is 0 Å². The Hall–Kier alpha value is -1.62. The van der Waals surface area contributed by atoms with Crippen LogP contribution in [0.25, 0.3) is 0 Å². The summed E-state index contributed by atoms with van der Waals surface area (Å²) in [4.78, 5) is 18.9. The highest BCUT2D eigenvalue weighted by Gasteiger charge is 2.36. The van der Waals surface area contributed by atoms with Gasteiger partial charge in [0.1, 0.15) is 0 Å². The number of hydrogen-bond donors (Lipinski definition) is 1. The molecule has 25 heavy (non-hydrogen) atoms. The summed E-state index contributed by atoms with van der Waals surface area (Å²) in [5, 5.41) is 3.90. The van der Waals surface area contributed by atoms with Crippen molar-refractivity contribution >= 4 is 5.82 Å². The number of allylic oxidation sites excluding steroid dienone is 2. The number of fused-ring (bicyclic) bond motifs is 2. The average molecular weight is 342 g/mol. The van der Waals surface area contributed by atoms with Crippen LogP contribution in [-0.4, -0.2) is 34.7 Å². The molecule has 0 unspecified atom stereocenters. The van der Waals surface area contributed by atoms with Crippen molar-refractivity contribution in [3.8, 4) is 0 Å². The van der Waals surface area contributed by atoms with Gasteiger partial charge < -0.3 is 14.8 Å². The van der Waals surface area contributed by atoms with Crippen molar-refractivity contribution in [2.24, 2.45) is 24.8 Å². The SMILES string of the molecule is C[C@H](N[C@@H]1CCCN(c2nccn(C)c2=O)C1)[C@H]1C[C@H]2C=C[C@H]1CC2. The Bertz CT molecular complexity index is 697. The molecule has 1 saturated heterocycles. The maximum absolute atomic E-state index is 12.4. The van der Waals surface area contributed by atoms with Crippen molar-refractivity contribution < 1.29 is 0 Å². The zero-order valence-electron chi connectivity index (χ0n) is 15.4. The van der Waals surface area contributed by atoms with Gasteiger partial charge in [0, 0.05) is 44.6 Å². The first-order valence-corrected chi connectivity index (χ1v) is 9.83. The molecule has 1 aliphatic heterocycles. The summed E-state index contributed by atoms with van der Waals surface area (Å²) in [6, 6.07) is 0.981. The molecule has 0 radical (unpaired) electrons. The zero-order valence-corrected chi connectivity index (χ0v) is 15.4. The Kier molecular flexibility index (Phi) is 4.67. The molecule has 2 heterocycles. The highest BCUT2D eigenvalue weighted by Crippen LogP contribution is 2.42. The van der Waals surface area contributed by atoms with Crippen LogP contribution in [0.2, 0.25) is 0 Å². The van der Waals surface area contributed by atoms with Gasteiger partial charge in [0.25, 0.3) is 5.56 Å². The molecule has 5 atom stereocenters. The molecule has 4 aliphatic rings. The van der Waals surface area contributed by atoms with Crippen LogP contribution in [-0.2, 0) is 7.05 Å². The van der Waals surface area contributed by atoms with E-state index >= 15 is 0 Å². The van der Waals surface area contributed by atoms with Crippen molar-refractivity contribution in [1.29, 1.82) is 0 Å². The lowest BCUT2D eigenvalue weighted by Crippen LogP contribution is -2.53. The van der Waals surface area contributed by atoms with Crippen LogP contribution < -0.4 is 15.8 Å². The third-order valence-corrected chi connectivity index (χ3v) is 6.49. The van der Waals surface area contributed by atoms with E-state index in [2.05, 4.69) is 34.3 Å². The predicted molar refractivity (Wildman–Crippen MR) is 101 cm³/mol. The summed E-state index contributed by atoms with van der Waals surface area (Å²) >= 11 is 0. The normalized spacial score (nSPS) is 32.8. The van der Waals surface area contributed by atoms with Gasteiger partial charge in [-0.1, -0.05) is 12.2 Å². The molecule has 5 heteroatoms. The number of anilines is 1. The van der Waals surface area contributed by atoms with Gasteiger partial charge in [-0.2, -0.15) is 0 Å². The summed E-state index contributed by atoms with van der Waals surface area (Å²) in [6.45, 7) is 4.17. The molecule has 1 saturated carbocycles. The lowest BCUT2D eigenvalue weighted by Gasteiger charge is -2.43. The first-order valence-electron chi connectivity index (χ1n) is 9.83. The second-order valence-electron chi connectivity index (χ2n) is 8.19. The summed E-state index contributed by atoms with van der Waals surface area (Å²) in [6.07, 6.45) is 14.7. The van der Waals surface area contributed by atoms with Gasteiger partial charge in [-0.25, -0.2) is 4.98 Å². The first kappa shape index (κ1) is 16.8. The van der Waals surface area contributed by atoms with Crippen LogP contribution in [0.5, 0.6) is 0 Å². The lowest BCUT2D eigenvalue weighted by molar-refractivity contribution is 0.166. The number of aromatic nitrogens is 2. The molecule has 0 spiro atoms. The molecule has 1 aromatic rings. The second kappa shape index (κ2) is 6.94. The van der Waals surface area contributed by atoms with Crippen molar-refractivity contribution in [1.82, 2.24) is 14.9 Å². The summed E-state index contributed by atoms with van der Waals surface area (Å²) < 4.78 is 1.62. The van der Waals surface area contributed by atoms with Crippen LogP contribution in [0, 0.1) is 17.8 Å². The maximum atomic E-state index is 12.4. The zero-order chi connectivity index (χ0) is 17.4. The van der Waals surface area contributed by atoms with E-state index in [1.807, 2.05) is 0 Å². The Balaban J connectivity index is 1.41. The maximum Gasteiger partial charge on any atom is 0.293 e. The molecule has 1 N–H and O–H groups in total. The van der Waals surface area contributed by atoms with Gasteiger partial charge in [0.15, 0.2) is 5.82 Å². The summed E-state index contributed by atoms with van der Waals surface area (Å²) in [5.74, 6) is 2.93. The van der Waals surface area contributed by atoms with Gasteiger partial charge in [0.05, 0.1) is 0 Å². The molecular formula is C20H30N4O. The van der Waals surface area contributed by atoms with Crippen LogP contribution >= 0.6 is 0 Å². The number of aryl methyl sites for hydroxylation is 1. The number of nitrogens with zero attached hydrogens (tertiary/aromatic N) is 3. The number of piperidine rings is 1. The fraction of sp³-hybridized carbons (Fsp3) is 0.700. The monoisotopic (exact) mass is 342 g/mol. The highest BCUT2D eigenvalue weighted by atomic mass is 16.1. The van der Waals surface area contributed by atoms with E-state index in [9.17, 15) is 4.79 Å². The smallest absolute Gasteiger partial charge is 0.293 e. The minimum absolute atomic E-state index is 0.00549. The van der Waals surface area contributed by atoms with E-state index in [1.165, 1.54) is 25.7 Å². The summed E-state index contributed by atoms with van der Waals surface area (Å²) in [7, 11) is 1.79. The van der Waals surface area contributed by atoms with Gasteiger partial charge in [0.2, 0.25) is 0 Å². The van der Waals surface area contributed by atoms with Crippen molar-refractivity contribution in [3.05, 3.63) is 34.9 Å². The quantitative estimate of drug-likeness (QED) is 0.853. The molecule has 3 aliphatic carbocycles. The topological polar surface area (TPSA) is 50.2 Å². The fourth-order valence-electron chi connectivity index (χ4n) is 5.05. The van der Waals surface area contributed by atoms with Crippen LogP contribution in [0.1, 0.15) is 39.0 Å². The van der Waals surface area contributed by atoms with Gasteiger partial charge >= 0.3 is 0 Å². The standard InChI is InChI=1S/C20H30N4O/c1-14(18-12-15-5-7-16(18)8-6-15)22-17-4-3-10-24(13-17)19-20(25)23(2)11-9-21-19/h5,7,9,11,14-18,22H,3-4,6,8,10,12-13H2,1-2H3/t14-,15-,16-,17+,18+/m0/s1. The Morgan fingerprint density at radius 2 is 2.16 bits per heavy atom. The fourth-order valence-corrected chi connectivity index (χ4v) is 5.05. The lowest BCUT2D eigenvalue weighted by atomic mass is 9.67. The van der Waals surface area contributed by atoms with E-state index in [1.54, 1.807) is 24.0 Å². The van der Waals surface area contributed by atoms with E-state index in [0.29, 0.717) is 17.9 Å². The third kappa shape index (κ3) is 3.39. The molecule has 136 valence electrons. The molecular weight excluding hydrogens is 312 g/mol. The summed E-state index contributed by atoms with van der Waals surface area (Å²) in [5.41, 5.74) is 0.00549. The first-order chi connectivity index (χ1) is 12.1. The number of nitrogens with one attached hydrogen (secondary N) is 1. The van der Waals surface area contributed by atoms with Gasteiger partial charge in [-0.05, 0) is 56.8 Å². The minimum atomic E-state index is 0.00549. The molecule has 2 fully saturated rings. The van der Waals surface area contributed by atoms with Crippen molar-refractivity contribution in [3.63, 3.8) is 0 Å². The Morgan fingerprint density at radius 3 is 2.88 bits per heavy atom. The van der Waals surface area contributed by atoms with Crippen LogP contribution in [0.15, 0.2) is 29.3 Å². The van der Waals surface area contributed by atoms with Crippen molar-refractivity contribution in [2.45, 2.75) is 51.1 Å². The third-order valence-electron chi connectivity index (χ3n) is 6.49. The second-order valence-corrected chi connectivity index (χ2v) is 8.19. The number of rotatable bonds is 4. The molecule has 1 aromatic heterocycles. The largest absolute Gasteiger partial charge is 0.350 e. The van der Waals surface area contributed by atoms with Crippen LogP contribution in [0.3, 0.4) is 0 Å².